The summed E-state index contributed by atoms with van der Waals surface area (Å²) in [5.41, 5.74) is 0.450. The molecule has 1 fully saturated rings. The van der Waals surface area contributed by atoms with E-state index in [-0.39, 0.29) is 0 Å². The molecule has 1 aliphatic rings. The molecule has 0 radical (unpaired) electrons. The zero-order chi connectivity index (χ0) is 10.6. The van der Waals surface area contributed by atoms with E-state index in [2.05, 4.69) is 10.3 Å². The zero-order valence-electron chi connectivity index (χ0n) is 8.69. The second kappa shape index (κ2) is 4.55. The van der Waals surface area contributed by atoms with Gasteiger partial charge in [-0.3, -0.25) is 4.98 Å². The maximum absolute atomic E-state index is 10.2. The predicted octanol–water partition coefficient (Wildman–Crippen LogP) is 1.21. The van der Waals surface area contributed by atoms with Gasteiger partial charge in [0.1, 0.15) is 0 Å². The topological polar surface area (TPSA) is 45.2 Å². The Morgan fingerprint density at radius 1 is 1.27 bits per heavy atom. The van der Waals surface area contributed by atoms with E-state index in [1.807, 2.05) is 24.3 Å². The molecule has 3 heteroatoms. The summed E-state index contributed by atoms with van der Waals surface area (Å²) in [6.07, 6.45) is 8.96. The number of rotatable bonds is 2. The van der Waals surface area contributed by atoms with Crippen LogP contribution in [-0.4, -0.2) is 28.8 Å². The van der Waals surface area contributed by atoms with Gasteiger partial charge in [0.25, 0.3) is 0 Å². The minimum absolute atomic E-state index is 0.630. The standard InChI is InChI=1S/C12H16N2O/c15-12(5-9-14-10-6-12)4-1-11-2-7-13-8-3-11/h1-4,7-8,14-15H,5-6,9-10H2/b4-1+. The Morgan fingerprint density at radius 2 is 1.93 bits per heavy atom. The lowest BCUT2D eigenvalue weighted by molar-refractivity contribution is 0.0590. The van der Waals surface area contributed by atoms with Crippen LogP contribution in [0, 0.1) is 0 Å². The molecule has 1 saturated heterocycles. The van der Waals surface area contributed by atoms with E-state index in [1.54, 1.807) is 12.4 Å². The molecule has 0 bridgehead atoms. The molecule has 2 heterocycles. The summed E-state index contributed by atoms with van der Waals surface area (Å²) in [6, 6.07) is 3.86. The van der Waals surface area contributed by atoms with Gasteiger partial charge in [-0.1, -0.05) is 12.2 Å². The van der Waals surface area contributed by atoms with Crippen molar-refractivity contribution in [3.8, 4) is 0 Å². The summed E-state index contributed by atoms with van der Waals surface area (Å²) in [5, 5.41) is 13.4. The van der Waals surface area contributed by atoms with Gasteiger partial charge in [0.15, 0.2) is 0 Å². The van der Waals surface area contributed by atoms with Crippen molar-refractivity contribution < 1.29 is 5.11 Å². The van der Waals surface area contributed by atoms with Crippen molar-refractivity contribution in [2.45, 2.75) is 18.4 Å². The van der Waals surface area contributed by atoms with Crippen molar-refractivity contribution >= 4 is 6.08 Å². The van der Waals surface area contributed by atoms with E-state index in [4.69, 9.17) is 0 Å². The molecule has 1 aromatic rings. The van der Waals surface area contributed by atoms with E-state index < -0.39 is 5.60 Å². The van der Waals surface area contributed by atoms with Gasteiger partial charge in [0, 0.05) is 12.4 Å². The van der Waals surface area contributed by atoms with Crippen LogP contribution in [0.2, 0.25) is 0 Å². The molecule has 0 saturated carbocycles. The highest BCUT2D eigenvalue weighted by atomic mass is 16.3. The van der Waals surface area contributed by atoms with E-state index in [1.165, 1.54) is 0 Å². The first-order valence-electron chi connectivity index (χ1n) is 5.31. The molecule has 0 unspecified atom stereocenters. The number of aliphatic hydroxyl groups is 1. The highest BCUT2D eigenvalue weighted by molar-refractivity contribution is 5.49. The molecule has 0 atom stereocenters. The summed E-state index contributed by atoms with van der Waals surface area (Å²) in [5.74, 6) is 0. The Balaban J connectivity index is 2.04. The van der Waals surface area contributed by atoms with Gasteiger partial charge in [0.2, 0.25) is 0 Å². The number of piperidine rings is 1. The minimum atomic E-state index is -0.630. The molecule has 1 aromatic heterocycles. The van der Waals surface area contributed by atoms with Gasteiger partial charge in [-0.25, -0.2) is 0 Å². The Kier molecular flexibility index (Phi) is 3.14. The third-order valence-electron chi connectivity index (χ3n) is 2.76. The molecule has 15 heavy (non-hydrogen) atoms. The second-order valence-corrected chi connectivity index (χ2v) is 3.97. The molecule has 0 aromatic carbocycles. The van der Waals surface area contributed by atoms with Gasteiger partial charge in [-0.2, -0.15) is 0 Å². The molecular formula is C12H16N2O. The summed E-state index contributed by atoms with van der Waals surface area (Å²) < 4.78 is 0. The van der Waals surface area contributed by atoms with Crippen molar-refractivity contribution in [1.29, 1.82) is 0 Å². The first-order chi connectivity index (χ1) is 7.29. The van der Waals surface area contributed by atoms with E-state index in [0.717, 1.165) is 31.5 Å². The predicted molar refractivity (Wildman–Crippen MR) is 60.3 cm³/mol. The lowest BCUT2D eigenvalue weighted by Gasteiger charge is -2.29. The highest BCUT2D eigenvalue weighted by Crippen LogP contribution is 2.20. The van der Waals surface area contributed by atoms with Crippen LogP contribution in [-0.2, 0) is 0 Å². The zero-order valence-corrected chi connectivity index (χ0v) is 8.69. The highest BCUT2D eigenvalue weighted by Gasteiger charge is 2.25. The number of hydrogen-bond acceptors (Lipinski definition) is 3. The molecule has 0 aliphatic carbocycles. The van der Waals surface area contributed by atoms with Gasteiger partial charge in [0.05, 0.1) is 5.60 Å². The molecule has 3 nitrogen and oxygen atoms in total. The second-order valence-electron chi connectivity index (χ2n) is 3.97. The van der Waals surface area contributed by atoms with Crippen LogP contribution >= 0.6 is 0 Å². The Hall–Kier alpha value is -1.19. The van der Waals surface area contributed by atoms with Crippen molar-refractivity contribution in [2.75, 3.05) is 13.1 Å². The Bertz CT molecular complexity index is 329. The Morgan fingerprint density at radius 3 is 2.60 bits per heavy atom. The van der Waals surface area contributed by atoms with Crippen LogP contribution in [0.4, 0.5) is 0 Å². The third kappa shape index (κ3) is 2.88. The van der Waals surface area contributed by atoms with E-state index >= 15 is 0 Å². The lowest BCUT2D eigenvalue weighted by Crippen LogP contribution is -2.40. The van der Waals surface area contributed by atoms with Crippen LogP contribution in [0.1, 0.15) is 18.4 Å². The van der Waals surface area contributed by atoms with Gasteiger partial charge in [-0.05, 0) is 43.6 Å². The first kappa shape index (κ1) is 10.3. The molecule has 1 aliphatic heterocycles. The Labute approximate surface area is 89.9 Å². The quantitative estimate of drug-likeness (QED) is 0.761. The normalized spacial score (nSPS) is 20.6. The monoisotopic (exact) mass is 204 g/mol. The summed E-state index contributed by atoms with van der Waals surface area (Å²) in [7, 11) is 0. The van der Waals surface area contributed by atoms with E-state index in [9.17, 15) is 5.11 Å². The van der Waals surface area contributed by atoms with Crippen LogP contribution in [0.3, 0.4) is 0 Å². The fraction of sp³-hybridized carbons (Fsp3) is 0.417. The van der Waals surface area contributed by atoms with Crippen molar-refractivity contribution in [3.05, 3.63) is 36.2 Å². The average molecular weight is 204 g/mol. The SMILES string of the molecule is OC1(/C=C/c2ccncc2)CCNCC1. The van der Waals surface area contributed by atoms with Crippen molar-refractivity contribution in [2.24, 2.45) is 0 Å². The maximum Gasteiger partial charge on any atom is 0.0855 e. The van der Waals surface area contributed by atoms with Gasteiger partial charge in [-0.15, -0.1) is 0 Å². The minimum Gasteiger partial charge on any atom is -0.386 e. The smallest absolute Gasteiger partial charge is 0.0855 e. The van der Waals surface area contributed by atoms with Crippen LogP contribution in [0.5, 0.6) is 0 Å². The third-order valence-corrected chi connectivity index (χ3v) is 2.76. The molecule has 2 rings (SSSR count). The molecule has 80 valence electrons. The number of nitrogens with zero attached hydrogens (tertiary/aromatic N) is 1. The van der Waals surface area contributed by atoms with Gasteiger partial charge >= 0.3 is 0 Å². The fourth-order valence-corrected chi connectivity index (χ4v) is 1.75. The summed E-state index contributed by atoms with van der Waals surface area (Å²) in [4.78, 5) is 3.95. The summed E-state index contributed by atoms with van der Waals surface area (Å²) >= 11 is 0. The molecule has 0 spiro atoms. The largest absolute Gasteiger partial charge is 0.386 e. The van der Waals surface area contributed by atoms with E-state index in [0.29, 0.717) is 0 Å². The lowest BCUT2D eigenvalue weighted by atomic mass is 9.91. The first-order valence-corrected chi connectivity index (χ1v) is 5.31. The molecule has 2 N–H and O–H groups in total. The molecule has 0 amide bonds. The average Bonchev–Trinajstić information content (AvgIpc) is 2.29. The van der Waals surface area contributed by atoms with Gasteiger partial charge < -0.3 is 10.4 Å². The van der Waals surface area contributed by atoms with Crippen LogP contribution < -0.4 is 5.32 Å². The summed E-state index contributed by atoms with van der Waals surface area (Å²) in [6.45, 7) is 1.77. The van der Waals surface area contributed by atoms with Crippen molar-refractivity contribution in [1.82, 2.24) is 10.3 Å². The number of hydrogen-bond donors (Lipinski definition) is 2. The maximum atomic E-state index is 10.2. The number of aromatic nitrogens is 1. The number of nitrogens with one attached hydrogen (secondary N) is 1. The van der Waals surface area contributed by atoms with Crippen LogP contribution in [0.25, 0.3) is 6.08 Å². The van der Waals surface area contributed by atoms with Crippen LogP contribution in [0.15, 0.2) is 30.6 Å². The number of pyridine rings is 1. The fourth-order valence-electron chi connectivity index (χ4n) is 1.75. The van der Waals surface area contributed by atoms with Crippen molar-refractivity contribution in [3.63, 3.8) is 0 Å². The molecular weight excluding hydrogens is 188 g/mol.